The molecule has 1 atom stereocenters. The van der Waals surface area contributed by atoms with E-state index in [-0.39, 0.29) is 18.4 Å². The Kier molecular flexibility index (Phi) is 4.96. The molecular weight excluding hydrogens is 317 g/mol. The Morgan fingerprint density at radius 1 is 1.43 bits per heavy atom. The molecule has 0 aliphatic carbocycles. The predicted octanol–water partition coefficient (Wildman–Crippen LogP) is 2.55. The summed E-state index contributed by atoms with van der Waals surface area (Å²) in [5.74, 6) is -1.12. The van der Waals surface area contributed by atoms with E-state index in [1.54, 1.807) is 30.0 Å². The normalized spacial score (nSPS) is 16.2. The Bertz CT molecular complexity index is 558. The molecule has 0 saturated carbocycles. The summed E-state index contributed by atoms with van der Waals surface area (Å²) in [7, 11) is 0. The van der Waals surface area contributed by atoms with E-state index in [1.165, 1.54) is 0 Å². The number of hydrogen-bond acceptors (Lipinski definition) is 3. The van der Waals surface area contributed by atoms with Crippen molar-refractivity contribution in [2.75, 3.05) is 19.7 Å². The molecule has 1 N–H and O–H groups in total. The summed E-state index contributed by atoms with van der Waals surface area (Å²) < 4.78 is 5.36. The molecule has 1 aliphatic heterocycles. The van der Waals surface area contributed by atoms with Gasteiger partial charge in [0.2, 0.25) is 0 Å². The third-order valence-electron chi connectivity index (χ3n) is 3.60. The summed E-state index contributed by atoms with van der Waals surface area (Å²) in [6.07, 6.45) is 0. The van der Waals surface area contributed by atoms with Crippen molar-refractivity contribution in [2.45, 2.75) is 6.92 Å². The van der Waals surface area contributed by atoms with Crippen molar-refractivity contribution >= 4 is 35.1 Å². The van der Waals surface area contributed by atoms with Gasteiger partial charge in [0.15, 0.2) is 6.61 Å². The number of amides is 1. The fourth-order valence-electron chi connectivity index (χ4n) is 2.05. The van der Waals surface area contributed by atoms with E-state index in [2.05, 4.69) is 0 Å². The first-order valence-electron chi connectivity index (χ1n) is 6.47. The molecular formula is C14H15Cl2NO4. The SMILES string of the molecule is CC(C(=O)O)C1CN(C(=O)COc2cc(Cl)ccc2Cl)C1. The lowest BCUT2D eigenvalue weighted by atomic mass is 9.87. The van der Waals surface area contributed by atoms with E-state index in [9.17, 15) is 9.59 Å². The summed E-state index contributed by atoms with van der Waals surface area (Å²) in [5, 5.41) is 9.75. The Morgan fingerprint density at radius 2 is 2.10 bits per heavy atom. The van der Waals surface area contributed by atoms with Gasteiger partial charge >= 0.3 is 5.97 Å². The van der Waals surface area contributed by atoms with Crippen molar-refractivity contribution in [1.82, 2.24) is 4.90 Å². The van der Waals surface area contributed by atoms with Crippen LogP contribution in [-0.4, -0.2) is 41.6 Å². The molecule has 1 amide bonds. The number of aliphatic carboxylic acids is 1. The van der Waals surface area contributed by atoms with Gasteiger partial charge in [-0.3, -0.25) is 9.59 Å². The second kappa shape index (κ2) is 6.54. The average Bonchev–Trinajstić information content (AvgIpc) is 2.37. The second-order valence-corrected chi connectivity index (χ2v) is 5.89. The van der Waals surface area contributed by atoms with E-state index in [0.717, 1.165) is 0 Å². The largest absolute Gasteiger partial charge is 0.482 e. The van der Waals surface area contributed by atoms with Gasteiger partial charge in [0, 0.05) is 30.1 Å². The number of hydrogen-bond donors (Lipinski definition) is 1. The smallest absolute Gasteiger partial charge is 0.306 e. The summed E-state index contributed by atoms with van der Waals surface area (Å²) in [4.78, 5) is 24.3. The monoisotopic (exact) mass is 331 g/mol. The first kappa shape index (κ1) is 15.9. The first-order valence-corrected chi connectivity index (χ1v) is 7.22. The van der Waals surface area contributed by atoms with Gasteiger partial charge in [-0.15, -0.1) is 0 Å². The van der Waals surface area contributed by atoms with Crippen LogP contribution in [0.3, 0.4) is 0 Å². The molecule has 2 rings (SSSR count). The minimum atomic E-state index is -0.839. The van der Waals surface area contributed by atoms with Gasteiger partial charge in [-0.25, -0.2) is 0 Å². The molecule has 0 aromatic heterocycles. The highest BCUT2D eigenvalue weighted by molar-refractivity contribution is 6.34. The predicted molar refractivity (Wildman–Crippen MR) is 78.8 cm³/mol. The molecule has 5 nitrogen and oxygen atoms in total. The average molecular weight is 332 g/mol. The van der Waals surface area contributed by atoms with E-state index in [4.69, 9.17) is 33.0 Å². The highest BCUT2D eigenvalue weighted by atomic mass is 35.5. The lowest BCUT2D eigenvalue weighted by molar-refractivity contribution is -0.151. The molecule has 7 heteroatoms. The fourth-order valence-corrected chi connectivity index (χ4v) is 2.39. The van der Waals surface area contributed by atoms with Crippen molar-refractivity contribution in [3.05, 3.63) is 28.2 Å². The Balaban J connectivity index is 1.82. The number of nitrogens with zero attached hydrogens (tertiary/aromatic N) is 1. The molecule has 0 bridgehead atoms. The molecule has 0 spiro atoms. The van der Waals surface area contributed by atoms with Crippen molar-refractivity contribution in [3.8, 4) is 5.75 Å². The highest BCUT2D eigenvalue weighted by Crippen LogP contribution is 2.28. The molecule has 1 heterocycles. The van der Waals surface area contributed by atoms with E-state index >= 15 is 0 Å². The molecule has 1 aliphatic rings. The number of ether oxygens (including phenoxy) is 1. The zero-order valence-corrected chi connectivity index (χ0v) is 12.9. The molecule has 1 aromatic rings. The lowest BCUT2D eigenvalue weighted by Crippen LogP contribution is -2.54. The number of carbonyl (C=O) groups is 2. The molecule has 1 unspecified atom stereocenters. The molecule has 114 valence electrons. The summed E-state index contributed by atoms with van der Waals surface area (Å²) in [6, 6.07) is 4.77. The third-order valence-corrected chi connectivity index (χ3v) is 4.15. The number of carboxylic acid groups (broad SMARTS) is 1. The summed E-state index contributed by atoms with van der Waals surface area (Å²) in [5.41, 5.74) is 0. The summed E-state index contributed by atoms with van der Waals surface area (Å²) >= 11 is 11.8. The Morgan fingerprint density at radius 3 is 2.71 bits per heavy atom. The Hall–Kier alpha value is -1.46. The molecule has 0 radical (unpaired) electrons. The number of halogens is 2. The molecule has 1 fully saturated rings. The minimum absolute atomic E-state index is 0.00112. The maximum Gasteiger partial charge on any atom is 0.306 e. The summed E-state index contributed by atoms with van der Waals surface area (Å²) in [6.45, 7) is 2.39. The van der Waals surface area contributed by atoms with Gasteiger partial charge in [0.05, 0.1) is 10.9 Å². The van der Waals surface area contributed by atoms with Crippen LogP contribution >= 0.6 is 23.2 Å². The van der Waals surface area contributed by atoms with Crippen LogP contribution in [0.15, 0.2) is 18.2 Å². The third kappa shape index (κ3) is 3.80. The van der Waals surface area contributed by atoms with Crippen molar-refractivity contribution in [2.24, 2.45) is 11.8 Å². The van der Waals surface area contributed by atoms with Crippen molar-refractivity contribution in [3.63, 3.8) is 0 Å². The number of benzene rings is 1. The van der Waals surface area contributed by atoms with Crippen molar-refractivity contribution < 1.29 is 19.4 Å². The molecule has 1 aromatic carbocycles. The fraction of sp³-hybridized carbons (Fsp3) is 0.429. The van der Waals surface area contributed by atoms with Gasteiger partial charge in [0.25, 0.3) is 5.91 Å². The molecule has 21 heavy (non-hydrogen) atoms. The van der Waals surface area contributed by atoms with Gasteiger partial charge in [-0.1, -0.05) is 30.1 Å². The van der Waals surface area contributed by atoms with Crippen LogP contribution in [-0.2, 0) is 9.59 Å². The van der Waals surface area contributed by atoms with Gasteiger partial charge in [-0.2, -0.15) is 0 Å². The highest BCUT2D eigenvalue weighted by Gasteiger charge is 2.37. The first-order chi connectivity index (χ1) is 9.88. The number of likely N-dealkylation sites (tertiary alicyclic amines) is 1. The van der Waals surface area contributed by atoms with Gasteiger partial charge < -0.3 is 14.7 Å². The number of carbonyl (C=O) groups excluding carboxylic acids is 1. The quantitative estimate of drug-likeness (QED) is 0.900. The van der Waals surface area contributed by atoms with Crippen LogP contribution in [0.2, 0.25) is 10.0 Å². The van der Waals surface area contributed by atoms with Crippen molar-refractivity contribution in [1.29, 1.82) is 0 Å². The van der Waals surface area contributed by atoms with E-state index < -0.39 is 11.9 Å². The molecule has 1 saturated heterocycles. The van der Waals surface area contributed by atoms with Crippen LogP contribution in [0.25, 0.3) is 0 Å². The maximum absolute atomic E-state index is 11.9. The second-order valence-electron chi connectivity index (χ2n) is 5.05. The number of rotatable bonds is 5. The van der Waals surface area contributed by atoms with Crippen LogP contribution in [0.5, 0.6) is 5.75 Å². The zero-order valence-electron chi connectivity index (χ0n) is 11.4. The van der Waals surface area contributed by atoms with Gasteiger partial charge in [0.1, 0.15) is 5.75 Å². The van der Waals surface area contributed by atoms with Crippen LogP contribution < -0.4 is 4.74 Å². The lowest BCUT2D eigenvalue weighted by Gasteiger charge is -2.41. The van der Waals surface area contributed by atoms with Gasteiger partial charge in [-0.05, 0) is 12.1 Å². The van der Waals surface area contributed by atoms with Crippen LogP contribution in [0.4, 0.5) is 0 Å². The Labute approximate surface area is 132 Å². The topological polar surface area (TPSA) is 66.8 Å². The number of carboxylic acids is 1. The van der Waals surface area contributed by atoms with Crippen LogP contribution in [0, 0.1) is 11.8 Å². The van der Waals surface area contributed by atoms with E-state index in [1.807, 2.05) is 0 Å². The zero-order chi connectivity index (χ0) is 15.6. The minimum Gasteiger partial charge on any atom is -0.482 e. The van der Waals surface area contributed by atoms with E-state index in [0.29, 0.717) is 28.9 Å². The van der Waals surface area contributed by atoms with Crippen LogP contribution in [0.1, 0.15) is 6.92 Å². The standard InChI is InChI=1S/C14H15Cl2NO4/c1-8(14(19)20)9-5-17(6-9)13(18)7-21-12-4-10(15)2-3-11(12)16/h2-4,8-9H,5-7H2,1H3,(H,19,20). The maximum atomic E-state index is 11.9.